The van der Waals surface area contributed by atoms with Gasteiger partial charge in [0.05, 0.1) is 46.1 Å². The number of fused-ring (bicyclic) bond motifs is 2. The Morgan fingerprint density at radius 1 is 1.15 bits per heavy atom. The van der Waals surface area contributed by atoms with E-state index in [1.54, 1.807) is 18.2 Å². The van der Waals surface area contributed by atoms with E-state index in [1.165, 1.54) is 44.0 Å². The van der Waals surface area contributed by atoms with Crippen molar-refractivity contribution in [2.45, 2.75) is 6.92 Å². The summed E-state index contributed by atoms with van der Waals surface area (Å²) < 4.78 is 16.6. The maximum atomic E-state index is 13.5. The lowest BCUT2D eigenvalue weighted by atomic mass is 10.0. The van der Waals surface area contributed by atoms with Crippen LogP contribution in [-0.4, -0.2) is 48.4 Å². The second kappa shape index (κ2) is 7.78. The van der Waals surface area contributed by atoms with Gasteiger partial charge in [-0.25, -0.2) is 14.6 Å². The number of carbonyl (C=O) groups is 2. The number of aryl methyl sites for hydroxylation is 1. The van der Waals surface area contributed by atoms with Crippen molar-refractivity contribution in [2.75, 3.05) is 7.11 Å². The van der Waals surface area contributed by atoms with E-state index in [4.69, 9.17) is 9.15 Å². The van der Waals surface area contributed by atoms with Gasteiger partial charge >= 0.3 is 11.9 Å². The summed E-state index contributed by atoms with van der Waals surface area (Å²) >= 11 is 1.18. The highest BCUT2D eigenvalue weighted by Crippen LogP contribution is 2.44. The Morgan fingerprint density at radius 2 is 1.94 bits per heavy atom. The number of carboxylic acid groups (broad SMARTS) is 2. The molecule has 2 N–H and O–H groups in total. The van der Waals surface area contributed by atoms with E-state index in [2.05, 4.69) is 14.6 Å². The van der Waals surface area contributed by atoms with Gasteiger partial charge in [-0.1, -0.05) is 4.49 Å². The van der Waals surface area contributed by atoms with E-state index >= 15 is 0 Å². The van der Waals surface area contributed by atoms with Gasteiger partial charge in [0.2, 0.25) is 0 Å². The number of rotatable bonds is 5. The molecule has 2 aromatic heterocycles. The number of hydrogen-bond acceptors (Lipinski definition) is 9. The van der Waals surface area contributed by atoms with Crippen molar-refractivity contribution in [3.63, 3.8) is 0 Å². The Balaban J connectivity index is 1.84. The Labute approximate surface area is 194 Å². The van der Waals surface area contributed by atoms with Crippen molar-refractivity contribution >= 4 is 33.7 Å². The molecule has 12 heteroatoms. The molecule has 3 heterocycles. The average Bonchev–Trinajstić information content (AvgIpc) is 3.42. The summed E-state index contributed by atoms with van der Waals surface area (Å²) in [5.41, 5.74) is -1.10. The van der Waals surface area contributed by atoms with Gasteiger partial charge < -0.3 is 19.4 Å². The third kappa shape index (κ3) is 3.11. The molecule has 1 aliphatic heterocycles. The maximum absolute atomic E-state index is 13.5. The summed E-state index contributed by atoms with van der Waals surface area (Å²) in [6, 6.07) is 7.74. The number of aromatic carboxylic acids is 2. The van der Waals surface area contributed by atoms with E-state index in [1.807, 2.05) is 0 Å². The lowest BCUT2D eigenvalue weighted by Crippen LogP contribution is -2.29. The minimum absolute atomic E-state index is 0.0401. The van der Waals surface area contributed by atoms with Crippen LogP contribution in [0.25, 0.3) is 38.5 Å². The summed E-state index contributed by atoms with van der Waals surface area (Å²) in [4.78, 5) is 42.2. The van der Waals surface area contributed by atoms with Crippen molar-refractivity contribution < 1.29 is 29.0 Å². The molecule has 5 rings (SSSR count). The zero-order valence-corrected chi connectivity index (χ0v) is 18.4. The SMILES string of the molecule is COc1ccoc2c(-c3nc(C)n(-c4ccc5snnc5c4)c(=O)c3C(=O)O)c(C(=O)O)cc1-2. The highest BCUT2D eigenvalue weighted by molar-refractivity contribution is 7.12. The van der Waals surface area contributed by atoms with E-state index in [9.17, 15) is 24.6 Å². The summed E-state index contributed by atoms with van der Waals surface area (Å²) in [5, 5.41) is 23.8. The summed E-state index contributed by atoms with van der Waals surface area (Å²) in [6.07, 6.45) is 1.28. The van der Waals surface area contributed by atoms with E-state index in [-0.39, 0.29) is 28.4 Å². The van der Waals surface area contributed by atoms with Gasteiger partial charge in [0, 0.05) is 6.07 Å². The normalized spacial score (nSPS) is 11.2. The Hall–Kier alpha value is -4.58. The second-order valence-electron chi connectivity index (χ2n) is 7.22. The number of nitrogens with zero attached hydrogens (tertiary/aromatic N) is 4. The number of carboxylic acids is 2. The van der Waals surface area contributed by atoms with Crippen molar-refractivity contribution in [2.24, 2.45) is 0 Å². The molecule has 0 atom stereocenters. The average molecular weight is 478 g/mol. The monoisotopic (exact) mass is 478 g/mol. The number of ether oxygens (including phenoxy) is 1. The second-order valence-corrected chi connectivity index (χ2v) is 8.01. The molecule has 0 radical (unpaired) electrons. The molecule has 0 saturated heterocycles. The van der Waals surface area contributed by atoms with E-state index in [0.717, 1.165) is 9.27 Å². The fourth-order valence-electron chi connectivity index (χ4n) is 3.89. The first-order chi connectivity index (χ1) is 16.3. The number of benzene rings is 1. The third-order valence-corrected chi connectivity index (χ3v) is 6.05. The molecule has 3 aromatic rings. The molecule has 0 spiro atoms. The lowest BCUT2D eigenvalue weighted by molar-refractivity contribution is 0.0683. The molecule has 1 aromatic carbocycles. The highest BCUT2D eigenvalue weighted by Gasteiger charge is 2.32. The molecule has 170 valence electrons. The minimum atomic E-state index is -1.56. The van der Waals surface area contributed by atoms with Crippen LogP contribution in [0.2, 0.25) is 0 Å². The predicted octanol–water partition coefficient (Wildman–Crippen LogP) is 3.32. The zero-order chi connectivity index (χ0) is 24.1. The molecule has 0 fully saturated rings. The first-order valence-corrected chi connectivity index (χ1v) is 10.5. The van der Waals surface area contributed by atoms with Gasteiger partial charge in [-0.15, -0.1) is 5.10 Å². The number of methoxy groups -OCH3 is 1. The quantitative estimate of drug-likeness (QED) is 0.384. The van der Waals surface area contributed by atoms with Crippen LogP contribution < -0.4 is 10.3 Å². The van der Waals surface area contributed by atoms with Crippen molar-refractivity contribution in [3.8, 4) is 34.0 Å². The van der Waals surface area contributed by atoms with Crippen LogP contribution in [0.15, 0.2) is 45.8 Å². The van der Waals surface area contributed by atoms with Gasteiger partial charge in [-0.05, 0) is 42.7 Å². The van der Waals surface area contributed by atoms with Crippen LogP contribution in [-0.2, 0) is 0 Å². The van der Waals surface area contributed by atoms with Crippen LogP contribution in [0.4, 0.5) is 0 Å². The Bertz CT molecular complexity index is 1650. The molecular formula is C22H14N4O7S. The molecule has 34 heavy (non-hydrogen) atoms. The van der Waals surface area contributed by atoms with Crippen LogP contribution in [0, 0.1) is 6.92 Å². The molecule has 11 nitrogen and oxygen atoms in total. The molecule has 0 unspecified atom stereocenters. The topological polar surface area (TPSA) is 158 Å². The van der Waals surface area contributed by atoms with Crippen molar-refractivity contribution in [1.29, 1.82) is 0 Å². The standard InChI is InChI=1S/C22H14N4O7S/c1-9-23-18(16-12(21(28)29)8-11-14(32-2)5-6-33-19(11)16)17(22(30)31)20(27)26(9)10-3-4-15-13(7-10)24-25-34-15/h3-8H,1-2H3,(H,28,29)(H,30,31). The van der Waals surface area contributed by atoms with Gasteiger partial charge in [0.1, 0.15) is 22.9 Å². The summed E-state index contributed by atoms with van der Waals surface area (Å²) in [5.74, 6) is -2.40. The lowest BCUT2D eigenvalue weighted by Gasteiger charge is -2.14. The van der Waals surface area contributed by atoms with Crippen LogP contribution in [0.1, 0.15) is 26.5 Å². The molecule has 0 bridgehead atoms. The zero-order valence-electron chi connectivity index (χ0n) is 17.6. The predicted molar refractivity (Wildman–Crippen MR) is 120 cm³/mol. The summed E-state index contributed by atoms with van der Waals surface area (Å²) in [7, 11) is 1.41. The molecule has 1 aliphatic carbocycles. The molecular weight excluding hydrogens is 464 g/mol. The highest BCUT2D eigenvalue weighted by atomic mass is 32.1. The first-order valence-electron chi connectivity index (χ1n) is 9.73. The molecule has 2 aliphatic rings. The van der Waals surface area contributed by atoms with Crippen molar-refractivity contribution in [1.82, 2.24) is 19.1 Å². The number of aromatic nitrogens is 4. The largest absolute Gasteiger partial charge is 0.496 e. The van der Waals surface area contributed by atoms with Crippen LogP contribution in [0.3, 0.4) is 0 Å². The third-order valence-electron chi connectivity index (χ3n) is 5.34. The summed E-state index contributed by atoms with van der Waals surface area (Å²) in [6.45, 7) is 1.52. The van der Waals surface area contributed by atoms with Crippen LogP contribution in [0.5, 0.6) is 5.75 Å². The smallest absolute Gasteiger partial charge is 0.343 e. The Morgan fingerprint density at radius 3 is 2.65 bits per heavy atom. The maximum Gasteiger partial charge on any atom is 0.343 e. The fourth-order valence-corrected chi connectivity index (χ4v) is 4.43. The van der Waals surface area contributed by atoms with Gasteiger partial charge in [-0.2, -0.15) is 0 Å². The van der Waals surface area contributed by atoms with E-state index in [0.29, 0.717) is 22.5 Å². The van der Waals surface area contributed by atoms with Crippen LogP contribution >= 0.6 is 11.5 Å². The van der Waals surface area contributed by atoms with Gasteiger partial charge in [0.25, 0.3) is 5.56 Å². The molecule has 0 amide bonds. The molecule has 0 saturated carbocycles. The fraction of sp³-hybridized carbons (Fsp3) is 0.0909. The van der Waals surface area contributed by atoms with E-state index < -0.39 is 23.1 Å². The Kier molecular flexibility index (Phi) is 4.87. The van der Waals surface area contributed by atoms with Gasteiger partial charge in [-0.3, -0.25) is 9.36 Å². The minimum Gasteiger partial charge on any atom is -0.496 e. The first kappa shape index (κ1) is 21.3. The van der Waals surface area contributed by atoms with Crippen molar-refractivity contribution in [3.05, 3.63) is 63.9 Å². The number of hydrogen-bond donors (Lipinski definition) is 2. The van der Waals surface area contributed by atoms with Gasteiger partial charge in [0.15, 0.2) is 5.56 Å².